The van der Waals surface area contributed by atoms with Gasteiger partial charge in [-0.05, 0) is 42.7 Å². The number of piperidine rings is 1. The SMILES string of the molecule is CCN1C(=O)[C@@H]([C@H](O)C(C)C)NC(=O)C12CCN(Cc1ccc(C(C)C)cc1)CC2. The van der Waals surface area contributed by atoms with Crippen molar-refractivity contribution in [1.29, 1.82) is 0 Å². The van der Waals surface area contributed by atoms with Crippen molar-refractivity contribution in [3.63, 3.8) is 0 Å². The molecule has 2 heterocycles. The van der Waals surface area contributed by atoms with E-state index in [9.17, 15) is 14.7 Å². The summed E-state index contributed by atoms with van der Waals surface area (Å²) in [6.07, 6.45) is 0.363. The molecule has 2 fully saturated rings. The fraction of sp³-hybridized carbons (Fsp3) is 0.667. The summed E-state index contributed by atoms with van der Waals surface area (Å²) in [5, 5.41) is 13.3. The number of hydrogen-bond donors (Lipinski definition) is 2. The van der Waals surface area contributed by atoms with Crippen LogP contribution in [0.4, 0.5) is 0 Å². The highest BCUT2D eigenvalue weighted by molar-refractivity contribution is 6.00. The minimum atomic E-state index is -0.873. The van der Waals surface area contributed by atoms with Gasteiger partial charge in [-0.25, -0.2) is 0 Å². The van der Waals surface area contributed by atoms with E-state index in [1.807, 2.05) is 20.8 Å². The summed E-state index contributed by atoms with van der Waals surface area (Å²) >= 11 is 0. The van der Waals surface area contributed by atoms with Crippen molar-refractivity contribution in [1.82, 2.24) is 15.1 Å². The summed E-state index contributed by atoms with van der Waals surface area (Å²) in [4.78, 5) is 30.4. The Hall–Kier alpha value is -1.92. The second-order valence-electron chi connectivity index (χ2n) is 9.47. The fourth-order valence-electron chi connectivity index (χ4n) is 4.76. The van der Waals surface area contributed by atoms with Gasteiger partial charge < -0.3 is 15.3 Å². The van der Waals surface area contributed by atoms with E-state index in [0.717, 1.165) is 19.6 Å². The van der Waals surface area contributed by atoms with Gasteiger partial charge in [-0.15, -0.1) is 0 Å². The first kappa shape index (κ1) is 22.8. The van der Waals surface area contributed by atoms with Crippen molar-refractivity contribution in [2.24, 2.45) is 5.92 Å². The van der Waals surface area contributed by atoms with E-state index in [0.29, 0.717) is 25.3 Å². The number of likely N-dealkylation sites (tertiary alicyclic amines) is 1. The molecule has 6 heteroatoms. The number of carbonyl (C=O) groups is 2. The monoisotopic (exact) mass is 415 g/mol. The Morgan fingerprint density at radius 1 is 1.10 bits per heavy atom. The number of piperazine rings is 1. The molecule has 166 valence electrons. The van der Waals surface area contributed by atoms with E-state index in [4.69, 9.17) is 0 Å². The summed E-state index contributed by atoms with van der Waals surface area (Å²) < 4.78 is 0. The molecule has 1 aromatic carbocycles. The summed E-state index contributed by atoms with van der Waals surface area (Å²) in [5.41, 5.74) is 1.81. The molecule has 30 heavy (non-hydrogen) atoms. The average Bonchev–Trinajstić information content (AvgIpc) is 2.72. The molecule has 0 bridgehead atoms. The summed E-state index contributed by atoms with van der Waals surface area (Å²) in [7, 11) is 0. The van der Waals surface area contributed by atoms with Crippen molar-refractivity contribution >= 4 is 11.8 Å². The van der Waals surface area contributed by atoms with Crippen LogP contribution in [-0.2, 0) is 16.1 Å². The predicted molar refractivity (Wildman–Crippen MR) is 118 cm³/mol. The molecule has 2 atom stereocenters. The molecule has 0 saturated carbocycles. The maximum Gasteiger partial charge on any atom is 0.248 e. The minimum Gasteiger partial charge on any atom is -0.390 e. The van der Waals surface area contributed by atoms with Gasteiger partial charge in [-0.2, -0.15) is 0 Å². The largest absolute Gasteiger partial charge is 0.390 e. The van der Waals surface area contributed by atoms with Gasteiger partial charge in [0, 0.05) is 26.2 Å². The van der Waals surface area contributed by atoms with Crippen LogP contribution < -0.4 is 5.32 Å². The van der Waals surface area contributed by atoms with E-state index in [1.165, 1.54) is 11.1 Å². The number of nitrogens with one attached hydrogen (secondary N) is 1. The van der Waals surface area contributed by atoms with Gasteiger partial charge in [-0.3, -0.25) is 14.5 Å². The lowest BCUT2D eigenvalue weighted by Gasteiger charge is -2.52. The smallest absolute Gasteiger partial charge is 0.248 e. The van der Waals surface area contributed by atoms with Crippen LogP contribution in [0, 0.1) is 5.92 Å². The lowest BCUT2D eigenvalue weighted by atomic mass is 9.80. The minimum absolute atomic E-state index is 0.101. The number of rotatable bonds is 6. The molecule has 2 N–H and O–H groups in total. The van der Waals surface area contributed by atoms with Gasteiger partial charge in [0.15, 0.2) is 0 Å². The molecule has 0 unspecified atom stereocenters. The molecule has 1 aromatic rings. The second kappa shape index (κ2) is 9.06. The van der Waals surface area contributed by atoms with Crippen LogP contribution in [0.3, 0.4) is 0 Å². The van der Waals surface area contributed by atoms with Gasteiger partial charge in [0.2, 0.25) is 11.8 Å². The Kier molecular flexibility index (Phi) is 6.88. The van der Waals surface area contributed by atoms with Crippen LogP contribution in [0.25, 0.3) is 0 Å². The zero-order chi connectivity index (χ0) is 22.1. The van der Waals surface area contributed by atoms with E-state index in [-0.39, 0.29) is 17.7 Å². The number of amides is 2. The van der Waals surface area contributed by atoms with Gasteiger partial charge in [0.25, 0.3) is 0 Å². The zero-order valence-electron chi connectivity index (χ0n) is 19.0. The molecule has 0 radical (unpaired) electrons. The molecule has 2 aliphatic heterocycles. The average molecular weight is 416 g/mol. The molecule has 2 aliphatic rings. The van der Waals surface area contributed by atoms with Crippen LogP contribution in [0.15, 0.2) is 24.3 Å². The van der Waals surface area contributed by atoms with Crippen LogP contribution >= 0.6 is 0 Å². The topological polar surface area (TPSA) is 72.9 Å². The van der Waals surface area contributed by atoms with Crippen molar-refractivity contribution in [3.05, 3.63) is 35.4 Å². The lowest BCUT2D eigenvalue weighted by Crippen LogP contribution is -2.74. The molecule has 1 spiro atoms. The third-order valence-corrected chi connectivity index (χ3v) is 6.83. The quantitative estimate of drug-likeness (QED) is 0.749. The Morgan fingerprint density at radius 2 is 1.70 bits per heavy atom. The number of likely N-dealkylation sites (N-methyl/N-ethyl adjacent to an activating group) is 1. The first-order chi connectivity index (χ1) is 14.2. The zero-order valence-corrected chi connectivity index (χ0v) is 19.0. The Labute approximate surface area is 180 Å². The second-order valence-corrected chi connectivity index (χ2v) is 9.47. The lowest BCUT2D eigenvalue weighted by molar-refractivity contribution is -0.165. The standard InChI is InChI=1S/C24H37N3O3/c1-6-27-22(29)20(21(28)17(4)5)25-23(30)24(27)11-13-26(14-12-24)15-18-7-9-19(10-8-18)16(2)3/h7-10,16-17,20-21,28H,6,11-15H2,1-5H3,(H,25,30)/t20-,21-/m1/s1. The van der Waals surface area contributed by atoms with Crippen LogP contribution in [0.1, 0.15) is 64.5 Å². The summed E-state index contributed by atoms with van der Waals surface area (Å²) in [6, 6.07) is 7.91. The predicted octanol–water partition coefficient (Wildman–Crippen LogP) is 2.51. The Bertz CT molecular complexity index is 751. The molecule has 0 aromatic heterocycles. The van der Waals surface area contributed by atoms with E-state index >= 15 is 0 Å². The van der Waals surface area contributed by atoms with Crippen LogP contribution in [0.5, 0.6) is 0 Å². The molecule has 6 nitrogen and oxygen atoms in total. The number of aliphatic hydroxyl groups is 1. The molecular formula is C24H37N3O3. The Morgan fingerprint density at radius 3 is 2.20 bits per heavy atom. The summed E-state index contributed by atoms with van der Waals surface area (Å²) in [6.45, 7) is 12.9. The molecule has 2 saturated heterocycles. The van der Waals surface area contributed by atoms with E-state index < -0.39 is 17.7 Å². The number of nitrogens with zero attached hydrogens (tertiary/aromatic N) is 2. The maximum absolute atomic E-state index is 13.2. The molecule has 3 rings (SSSR count). The Balaban J connectivity index is 1.68. The number of benzene rings is 1. The fourth-order valence-corrected chi connectivity index (χ4v) is 4.76. The highest BCUT2D eigenvalue weighted by atomic mass is 16.3. The molecule has 0 aliphatic carbocycles. The van der Waals surface area contributed by atoms with Gasteiger partial charge >= 0.3 is 0 Å². The maximum atomic E-state index is 13.2. The molecular weight excluding hydrogens is 378 g/mol. The number of hydrogen-bond acceptors (Lipinski definition) is 4. The van der Waals surface area contributed by atoms with Gasteiger partial charge in [-0.1, -0.05) is 52.0 Å². The van der Waals surface area contributed by atoms with Gasteiger partial charge in [0.05, 0.1) is 6.10 Å². The highest BCUT2D eigenvalue weighted by Crippen LogP contribution is 2.34. The van der Waals surface area contributed by atoms with Crippen molar-refractivity contribution in [2.45, 2.75) is 77.6 Å². The van der Waals surface area contributed by atoms with Crippen molar-refractivity contribution in [3.8, 4) is 0 Å². The third kappa shape index (κ3) is 4.26. The van der Waals surface area contributed by atoms with Gasteiger partial charge in [0.1, 0.15) is 11.6 Å². The van der Waals surface area contributed by atoms with Crippen molar-refractivity contribution < 1.29 is 14.7 Å². The summed E-state index contributed by atoms with van der Waals surface area (Å²) in [5.74, 6) is 0.149. The molecule has 2 amide bonds. The van der Waals surface area contributed by atoms with Crippen molar-refractivity contribution in [2.75, 3.05) is 19.6 Å². The number of aliphatic hydroxyl groups excluding tert-OH is 1. The van der Waals surface area contributed by atoms with Crippen LogP contribution in [0.2, 0.25) is 0 Å². The first-order valence-electron chi connectivity index (χ1n) is 11.3. The first-order valence-corrected chi connectivity index (χ1v) is 11.3. The third-order valence-electron chi connectivity index (χ3n) is 6.83. The normalized spacial score (nSPS) is 23.3. The van der Waals surface area contributed by atoms with Crippen LogP contribution in [-0.4, -0.2) is 64.0 Å². The van der Waals surface area contributed by atoms with E-state index in [2.05, 4.69) is 48.3 Å². The number of carbonyl (C=O) groups excluding carboxylic acids is 2. The van der Waals surface area contributed by atoms with E-state index in [1.54, 1.807) is 4.90 Å². The highest BCUT2D eigenvalue weighted by Gasteiger charge is 2.54.